The molecule has 2 nitrogen and oxygen atoms in total. The average Bonchev–Trinajstić information content (AvgIpc) is 2.15. The first kappa shape index (κ1) is 9.45. The second-order valence-electron chi connectivity index (χ2n) is 2.49. The van der Waals surface area contributed by atoms with E-state index >= 15 is 0 Å². The molecule has 3 heteroatoms. The number of halogens is 1. The number of hydrogen-bond donors (Lipinski definition) is 1. The average molecular weight is 179 g/mol. The number of rotatable bonds is 3. The molecule has 1 aromatic rings. The molecule has 0 fully saturated rings. The first-order valence-corrected chi connectivity index (χ1v) is 3.91. The van der Waals surface area contributed by atoms with Gasteiger partial charge in [0.1, 0.15) is 5.82 Å². The molecule has 13 heavy (non-hydrogen) atoms. The Morgan fingerprint density at radius 3 is 2.62 bits per heavy atom. The van der Waals surface area contributed by atoms with E-state index in [-0.39, 0.29) is 5.82 Å². The van der Waals surface area contributed by atoms with Gasteiger partial charge in [0.15, 0.2) is 0 Å². The maximum absolute atomic E-state index is 12.5. The van der Waals surface area contributed by atoms with E-state index < -0.39 is 0 Å². The number of benzene rings is 1. The number of allylic oxidation sites excluding steroid dienone is 1. The highest BCUT2D eigenvalue weighted by atomic mass is 19.1. The molecule has 0 amide bonds. The van der Waals surface area contributed by atoms with Crippen LogP contribution in [0.25, 0.3) is 6.08 Å². The van der Waals surface area contributed by atoms with Gasteiger partial charge in [0.25, 0.3) is 0 Å². The third-order valence-electron chi connectivity index (χ3n) is 1.50. The largest absolute Gasteiger partial charge is 0.411 e. The fraction of sp³-hybridized carbons (Fsp3) is 0.100. The molecule has 0 unspecified atom stereocenters. The van der Waals surface area contributed by atoms with Gasteiger partial charge in [0.2, 0.25) is 0 Å². The van der Waals surface area contributed by atoms with E-state index in [4.69, 9.17) is 5.21 Å². The van der Waals surface area contributed by atoms with Gasteiger partial charge in [-0.15, -0.1) is 5.16 Å². The van der Waals surface area contributed by atoms with E-state index in [1.54, 1.807) is 12.1 Å². The van der Waals surface area contributed by atoms with E-state index in [0.717, 1.165) is 5.56 Å². The molecule has 0 atom stereocenters. The Balaban J connectivity index is 2.54. The summed E-state index contributed by atoms with van der Waals surface area (Å²) in [7, 11) is 0. The lowest BCUT2D eigenvalue weighted by atomic mass is 10.2. The van der Waals surface area contributed by atoms with Crippen molar-refractivity contribution < 1.29 is 9.60 Å². The fourth-order valence-electron chi connectivity index (χ4n) is 0.886. The zero-order chi connectivity index (χ0) is 9.52. The predicted molar refractivity (Wildman–Crippen MR) is 50.3 cm³/mol. The highest BCUT2D eigenvalue weighted by molar-refractivity contribution is 5.61. The van der Waals surface area contributed by atoms with E-state index in [1.807, 2.05) is 12.2 Å². The second kappa shape index (κ2) is 5.09. The summed E-state index contributed by atoms with van der Waals surface area (Å²) in [6.07, 6.45) is 5.60. The SMILES string of the molecule is ON=CCC=Cc1ccc(F)cc1. The Morgan fingerprint density at radius 2 is 2.00 bits per heavy atom. The quantitative estimate of drug-likeness (QED) is 0.432. The van der Waals surface area contributed by atoms with E-state index in [2.05, 4.69) is 5.16 Å². The second-order valence-corrected chi connectivity index (χ2v) is 2.49. The van der Waals surface area contributed by atoms with Crippen LogP contribution >= 0.6 is 0 Å². The summed E-state index contributed by atoms with van der Waals surface area (Å²) in [5.74, 6) is -0.242. The first-order chi connectivity index (χ1) is 6.33. The monoisotopic (exact) mass is 179 g/mol. The van der Waals surface area contributed by atoms with Crippen molar-refractivity contribution in [3.8, 4) is 0 Å². The molecule has 0 aliphatic carbocycles. The lowest BCUT2D eigenvalue weighted by molar-refractivity contribution is 0.321. The van der Waals surface area contributed by atoms with Crippen LogP contribution in [0, 0.1) is 5.82 Å². The molecule has 0 spiro atoms. The summed E-state index contributed by atoms with van der Waals surface area (Å²) in [5.41, 5.74) is 0.924. The Hall–Kier alpha value is -1.64. The third kappa shape index (κ3) is 3.51. The van der Waals surface area contributed by atoms with Crippen molar-refractivity contribution >= 4 is 12.3 Å². The molecule has 1 aromatic carbocycles. The molecular weight excluding hydrogens is 169 g/mol. The summed E-state index contributed by atoms with van der Waals surface area (Å²) in [4.78, 5) is 0. The van der Waals surface area contributed by atoms with Crippen molar-refractivity contribution in [1.82, 2.24) is 0 Å². The van der Waals surface area contributed by atoms with Crippen molar-refractivity contribution in [1.29, 1.82) is 0 Å². The summed E-state index contributed by atoms with van der Waals surface area (Å²) in [5, 5.41) is 10.9. The minimum atomic E-state index is -0.242. The topological polar surface area (TPSA) is 32.6 Å². The van der Waals surface area contributed by atoms with Gasteiger partial charge in [-0.25, -0.2) is 4.39 Å². The molecule has 0 saturated heterocycles. The highest BCUT2D eigenvalue weighted by Crippen LogP contribution is 2.04. The normalized spacial score (nSPS) is 11.5. The van der Waals surface area contributed by atoms with Crippen molar-refractivity contribution in [3.05, 3.63) is 41.7 Å². The molecule has 68 valence electrons. The van der Waals surface area contributed by atoms with Crippen LogP contribution in [0.3, 0.4) is 0 Å². The maximum atomic E-state index is 12.5. The van der Waals surface area contributed by atoms with Crippen LogP contribution in [-0.2, 0) is 0 Å². The molecule has 0 bridgehead atoms. The zero-order valence-corrected chi connectivity index (χ0v) is 7.02. The number of hydrogen-bond acceptors (Lipinski definition) is 2. The summed E-state index contributed by atoms with van der Waals surface area (Å²) in [6.45, 7) is 0. The van der Waals surface area contributed by atoms with Crippen molar-refractivity contribution in [2.75, 3.05) is 0 Å². The van der Waals surface area contributed by atoms with Gasteiger partial charge in [-0.05, 0) is 17.7 Å². The van der Waals surface area contributed by atoms with Crippen molar-refractivity contribution in [2.24, 2.45) is 5.16 Å². The molecule has 0 aromatic heterocycles. The van der Waals surface area contributed by atoms with Crippen LogP contribution in [0.2, 0.25) is 0 Å². The number of oxime groups is 1. The highest BCUT2D eigenvalue weighted by Gasteiger charge is 1.87. The predicted octanol–water partition coefficient (Wildman–Crippen LogP) is 2.69. The van der Waals surface area contributed by atoms with Crippen molar-refractivity contribution in [3.63, 3.8) is 0 Å². The van der Waals surface area contributed by atoms with Crippen molar-refractivity contribution in [2.45, 2.75) is 6.42 Å². The fourth-order valence-corrected chi connectivity index (χ4v) is 0.886. The first-order valence-electron chi connectivity index (χ1n) is 3.91. The van der Waals surface area contributed by atoms with E-state index in [1.165, 1.54) is 18.3 Å². The van der Waals surface area contributed by atoms with Gasteiger partial charge < -0.3 is 5.21 Å². The smallest absolute Gasteiger partial charge is 0.123 e. The van der Waals surface area contributed by atoms with Crippen LogP contribution < -0.4 is 0 Å². The van der Waals surface area contributed by atoms with E-state index in [0.29, 0.717) is 6.42 Å². The van der Waals surface area contributed by atoms with Crippen LogP contribution in [0.4, 0.5) is 4.39 Å². The lowest BCUT2D eigenvalue weighted by Gasteiger charge is -1.91. The third-order valence-corrected chi connectivity index (χ3v) is 1.50. The van der Waals surface area contributed by atoms with Crippen LogP contribution in [-0.4, -0.2) is 11.4 Å². The summed E-state index contributed by atoms with van der Waals surface area (Å²) >= 11 is 0. The standard InChI is InChI=1S/C10H10FNO/c11-10-6-4-9(5-7-10)3-1-2-8-12-13/h1,3-8,13H,2H2. The van der Waals surface area contributed by atoms with Gasteiger partial charge in [0, 0.05) is 12.6 Å². The molecule has 0 aliphatic rings. The summed E-state index contributed by atoms with van der Waals surface area (Å²) in [6, 6.07) is 6.17. The molecule has 0 heterocycles. The Kier molecular flexibility index (Phi) is 3.70. The zero-order valence-electron chi connectivity index (χ0n) is 7.02. The van der Waals surface area contributed by atoms with Gasteiger partial charge in [-0.2, -0.15) is 0 Å². The molecular formula is C10H10FNO. The Bertz CT molecular complexity index is 303. The molecule has 1 rings (SSSR count). The molecule has 0 aliphatic heterocycles. The Morgan fingerprint density at radius 1 is 1.31 bits per heavy atom. The molecule has 1 N–H and O–H groups in total. The molecule has 0 radical (unpaired) electrons. The summed E-state index contributed by atoms with van der Waals surface area (Å²) < 4.78 is 12.5. The van der Waals surface area contributed by atoms with Gasteiger partial charge in [-0.1, -0.05) is 24.3 Å². The van der Waals surface area contributed by atoms with Gasteiger partial charge in [0.05, 0.1) is 0 Å². The minimum Gasteiger partial charge on any atom is -0.411 e. The maximum Gasteiger partial charge on any atom is 0.123 e. The van der Waals surface area contributed by atoms with E-state index in [9.17, 15) is 4.39 Å². The molecule has 0 saturated carbocycles. The number of nitrogens with zero attached hydrogens (tertiary/aromatic N) is 1. The minimum absolute atomic E-state index is 0.242. The van der Waals surface area contributed by atoms with Crippen LogP contribution in [0.5, 0.6) is 0 Å². The van der Waals surface area contributed by atoms with Gasteiger partial charge in [-0.3, -0.25) is 0 Å². The van der Waals surface area contributed by atoms with Crippen LogP contribution in [0.1, 0.15) is 12.0 Å². The van der Waals surface area contributed by atoms with Gasteiger partial charge >= 0.3 is 0 Å². The Labute approximate surface area is 76.0 Å². The van der Waals surface area contributed by atoms with Crippen LogP contribution in [0.15, 0.2) is 35.5 Å². The lowest BCUT2D eigenvalue weighted by Crippen LogP contribution is -1.74.